The SMILES string of the molecule is CCn1c(SCC(=O)Nc2nnc(C)s2)nnc1C1CC1c1ccccc1. The number of carbonyl (C=O) groups is 1. The molecule has 1 N–H and O–H groups in total. The van der Waals surface area contributed by atoms with Gasteiger partial charge in [-0.2, -0.15) is 0 Å². The Morgan fingerprint density at radius 2 is 2.04 bits per heavy atom. The number of carbonyl (C=O) groups excluding carboxylic acids is 1. The number of nitrogens with one attached hydrogen (secondary N) is 1. The summed E-state index contributed by atoms with van der Waals surface area (Å²) in [5.41, 5.74) is 1.36. The zero-order valence-electron chi connectivity index (χ0n) is 15.1. The monoisotopic (exact) mass is 400 g/mol. The fourth-order valence-corrected chi connectivity index (χ4v) is 4.58. The molecule has 27 heavy (non-hydrogen) atoms. The highest BCUT2D eigenvalue weighted by Gasteiger charge is 2.43. The third kappa shape index (κ3) is 4.03. The number of anilines is 1. The van der Waals surface area contributed by atoms with Crippen molar-refractivity contribution in [1.29, 1.82) is 0 Å². The van der Waals surface area contributed by atoms with Crippen LogP contribution in [0.3, 0.4) is 0 Å². The molecule has 2 aromatic heterocycles. The van der Waals surface area contributed by atoms with Crippen LogP contribution in [0.15, 0.2) is 35.5 Å². The number of nitrogens with zero attached hydrogens (tertiary/aromatic N) is 5. The van der Waals surface area contributed by atoms with Gasteiger partial charge in [-0.1, -0.05) is 53.4 Å². The Balaban J connectivity index is 1.39. The average molecular weight is 401 g/mol. The number of aromatic nitrogens is 5. The van der Waals surface area contributed by atoms with Crippen LogP contribution < -0.4 is 5.32 Å². The van der Waals surface area contributed by atoms with Gasteiger partial charge in [0.15, 0.2) is 5.16 Å². The van der Waals surface area contributed by atoms with E-state index in [0.717, 1.165) is 29.0 Å². The van der Waals surface area contributed by atoms with E-state index in [9.17, 15) is 4.79 Å². The molecule has 0 aliphatic heterocycles. The summed E-state index contributed by atoms with van der Waals surface area (Å²) >= 11 is 2.77. The largest absolute Gasteiger partial charge is 0.306 e. The maximum atomic E-state index is 12.1. The van der Waals surface area contributed by atoms with E-state index in [0.29, 0.717) is 17.0 Å². The Hall–Kier alpha value is -2.26. The van der Waals surface area contributed by atoms with Crippen molar-refractivity contribution in [2.24, 2.45) is 0 Å². The van der Waals surface area contributed by atoms with Crippen LogP contribution in [0.2, 0.25) is 0 Å². The van der Waals surface area contributed by atoms with E-state index in [4.69, 9.17) is 0 Å². The summed E-state index contributed by atoms with van der Waals surface area (Å²) in [4.78, 5) is 12.1. The Labute approximate surface area is 165 Å². The van der Waals surface area contributed by atoms with Crippen LogP contribution in [-0.4, -0.2) is 36.6 Å². The third-order valence-corrected chi connectivity index (χ3v) is 6.24. The number of hydrogen-bond donors (Lipinski definition) is 1. The molecule has 1 amide bonds. The summed E-state index contributed by atoms with van der Waals surface area (Å²) in [6, 6.07) is 10.5. The van der Waals surface area contributed by atoms with Crippen molar-refractivity contribution >= 4 is 34.1 Å². The number of thioether (sulfide) groups is 1. The molecule has 140 valence electrons. The number of benzene rings is 1. The van der Waals surface area contributed by atoms with E-state index in [2.05, 4.69) is 61.5 Å². The molecule has 1 fully saturated rings. The second kappa shape index (κ2) is 7.77. The molecule has 0 saturated heterocycles. The Morgan fingerprint density at radius 1 is 1.22 bits per heavy atom. The number of rotatable bonds is 7. The van der Waals surface area contributed by atoms with Gasteiger partial charge in [-0.05, 0) is 31.7 Å². The van der Waals surface area contributed by atoms with Gasteiger partial charge in [0, 0.05) is 12.5 Å². The van der Waals surface area contributed by atoms with Crippen molar-refractivity contribution < 1.29 is 4.79 Å². The van der Waals surface area contributed by atoms with Crippen LogP contribution >= 0.6 is 23.1 Å². The number of aryl methyl sites for hydroxylation is 1. The quantitative estimate of drug-likeness (QED) is 0.611. The third-order valence-electron chi connectivity index (χ3n) is 4.52. The van der Waals surface area contributed by atoms with Crippen molar-refractivity contribution in [3.63, 3.8) is 0 Å². The Kier molecular flexibility index (Phi) is 5.22. The van der Waals surface area contributed by atoms with E-state index < -0.39 is 0 Å². The minimum atomic E-state index is -0.114. The van der Waals surface area contributed by atoms with Gasteiger partial charge in [0.1, 0.15) is 10.8 Å². The van der Waals surface area contributed by atoms with Crippen LogP contribution in [0.25, 0.3) is 0 Å². The van der Waals surface area contributed by atoms with Gasteiger partial charge in [0.25, 0.3) is 0 Å². The Morgan fingerprint density at radius 3 is 2.74 bits per heavy atom. The van der Waals surface area contributed by atoms with E-state index >= 15 is 0 Å². The van der Waals surface area contributed by atoms with Gasteiger partial charge < -0.3 is 4.57 Å². The van der Waals surface area contributed by atoms with Crippen LogP contribution in [0.4, 0.5) is 5.13 Å². The standard InChI is InChI=1S/C18H20N6OS2/c1-3-24-16(14-9-13(14)12-7-5-4-6-8-12)21-23-18(24)26-10-15(25)19-17-22-20-11(2)27-17/h4-8,13-14H,3,9-10H2,1-2H3,(H,19,22,25). The molecule has 0 radical (unpaired) electrons. The first kappa shape index (κ1) is 18.1. The molecule has 7 nitrogen and oxygen atoms in total. The summed E-state index contributed by atoms with van der Waals surface area (Å²) in [6.45, 7) is 4.73. The van der Waals surface area contributed by atoms with Crippen molar-refractivity contribution in [3.8, 4) is 0 Å². The van der Waals surface area contributed by atoms with E-state index in [-0.39, 0.29) is 11.7 Å². The highest BCUT2D eigenvalue weighted by Crippen LogP contribution is 2.54. The van der Waals surface area contributed by atoms with Crippen LogP contribution in [-0.2, 0) is 11.3 Å². The lowest BCUT2D eigenvalue weighted by Gasteiger charge is -2.07. The van der Waals surface area contributed by atoms with E-state index in [1.807, 2.05) is 13.0 Å². The second-order valence-electron chi connectivity index (χ2n) is 6.41. The Bertz CT molecular complexity index is 938. The summed E-state index contributed by atoms with van der Waals surface area (Å²) in [7, 11) is 0. The van der Waals surface area contributed by atoms with Crippen LogP contribution in [0, 0.1) is 6.92 Å². The van der Waals surface area contributed by atoms with Gasteiger partial charge in [-0.25, -0.2) is 0 Å². The molecular formula is C18H20N6OS2. The zero-order valence-corrected chi connectivity index (χ0v) is 16.8. The number of hydrogen-bond acceptors (Lipinski definition) is 7. The lowest BCUT2D eigenvalue weighted by atomic mass is 10.1. The van der Waals surface area contributed by atoms with Crippen molar-refractivity contribution in [1.82, 2.24) is 25.0 Å². The highest BCUT2D eigenvalue weighted by atomic mass is 32.2. The van der Waals surface area contributed by atoms with E-state index in [1.54, 1.807) is 0 Å². The molecule has 1 aromatic carbocycles. The van der Waals surface area contributed by atoms with Gasteiger partial charge >= 0.3 is 0 Å². The molecule has 1 saturated carbocycles. The highest BCUT2D eigenvalue weighted by molar-refractivity contribution is 7.99. The minimum absolute atomic E-state index is 0.114. The lowest BCUT2D eigenvalue weighted by molar-refractivity contribution is -0.113. The fraction of sp³-hybridized carbons (Fsp3) is 0.389. The minimum Gasteiger partial charge on any atom is -0.306 e. The predicted octanol–water partition coefficient (Wildman–Crippen LogP) is 3.46. The summed E-state index contributed by atoms with van der Waals surface area (Å²) in [5, 5.41) is 21.5. The molecule has 0 spiro atoms. The zero-order chi connectivity index (χ0) is 18.8. The summed E-state index contributed by atoms with van der Waals surface area (Å²) in [5.74, 6) is 2.10. The van der Waals surface area contributed by atoms with Crippen LogP contribution in [0.5, 0.6) is 0 Å². The molecular weight excluding hydrogens is 380 g/mol. The van der Waals surface area contributed by atoms with Gasteiger partial charge in [-0.15, -0.1) is 20.4 Å². The van der Waals surface area contributed by atoms with Gasteiger partial charge in [-0.3, -0.25) is 10.1 Å². The molecule has 2 atom stereocenters. The summed E-state index contributed by atoms with van der Waals surface area (Å²) in [6.07, 6.45) is 1.10. The van der Waals surface area contributed by atoms with Crippen molar-refractivity contribution in [3.05, 3.63) is 46.7 Å². The molecule has 3 aromatic rings. The van der Waals surface area contributed by atoms with Crippen molar-refractivity contribution in [2.45, 2.75) is 43.8 Å². The van der Waals surface area contributed by atoms with Gasteiger partial charge in [0.05, 0.1) is 5.75 Å². The molecule has 1 aliphatic rings. The molecule has 1 aliphatic carbocycles. The summed E-state index contributed by atoms with van der Waals surface area (Å²) < 4.78 is 2.13. The lowest BCUT2D eigenvalue weighted by Crippen LogP contribution is -2.14. The first-order chi connectivity index (χ1) is 13.2. The normalized spacial score (nSPS) is 18.4. The van der Waals surface area contributed by atoms with Crippen LogP contribution in [0.1, 0.15) is 41.6 Å². The predicted molar refractivity (Wildman–Crippen MR) is 106 cm³/mol. The maximum absolute atomic E-state index is 12.1. The molecule has 0 bridgehead atoms. The topological polar surface area (TPSA) is 85.6 Å². The molecule has 4 rings (SSSR count). The molecule has 2 heterocycles. The first-order valence-corrected chi connectivity index (χ1v) is 10.7. The average Bonchev–Trinajstić information content (AvgIpc) is 3.20. The van der Waals surface area contributed by atoms with Crippen molar-refractivity contribution in [2.75, 3.05) is 11.1 Å². The first-order valence-electron chi connectivity index (χ1n) is 8.86. The second-order valence-corrected chi connectivity index (χ2v) is 8.53. The number of amides is 1. The maximum Gasteiger partial charge on any atom is 0.236 e. The van der Waals surface area contributed by atoms with Gasteiger partial charge in [0.2, 0.25) is 11.0 Å². The smallest absolute Gasteiger partial charge is 0.236 e. The molecule has 2 unspecified atom stereocenters. The van der Waals surface area contributed by atoms with E-state index in [1.165, 1.54) is 28.7 Å². The fourth-order valence-electron chi connectivity index (χ4n) is 3.16. The molecule has 9 heteroatoms.